The van der Waals surface area contributed by atoms with E-state index in [4.69, 9.17) is 10.5 Å². The average molecular weight is 343 g/mol. The van der Waals surface area contributed by atoms with Crippen molar-refractivity contribution in [1.29, 1.82) is 0 Å². The summed E-state index contributed by atoms with van der Waals surface area (Å²) in [4.78, 5) is 4.95. The zero-order valence-electron chi connectivity index (χ0n) is 10.2. The summed E-state index contributed by atoms with van der Waals surface area (Å²) in [6, 6.07) is 6.58. The van der Waals surface area contributed by atoms with Crippen LogP contribution in [-0.2, 0) is 0 Å². The topological polar surface area (TPSA) is 48.1 Å². The van der Waals surface area contributed by atoms with Crippen molar-refractivity contribution in [2.24, 2.45) is 0 Å². The van der Waals surface area contributed by atoms with E-state index >= 15 is 0 Å². The number of ether oxygens (including phenoxy) is 1. The first-order valence-electron chi connectivity index (χ1n) is 5.62. The number of nitrogens with two attached hydrogens (primary N) is 1. The van der Waals surface area contributed by atoms with Crippen molar-refractivity contribution in [2.45, 2.75) is 16.8 Å². The Morgan fingerprint density at radius 2 is 2.26 bits per heavy atom. The number of rotatable bonds is 4. The molecule has 0 aliphatic rings. The van der Waals surface area contributed by atoms with E-state index in [2.05, 4.69) is 20.9 Å². The molecule has 2 N–H and O–H groups in total. The number of halogens is 2. The Kier molecular flexibility index (Phi) is 4.66. The van der Waals surface area contributed by atoms with Gasteiger partial charge in [0.05, 0.1) is 11.1 Å². The SMILES string of the molecule is CCOc1cc(Sc2ncccc2Br)c(N)cc1F. The molecule has 1 heterocycles. The van der Waals surface area contributed by atoms with E-state index in [1.165, 1.54) is 17.8 Å². The molecule has 100 valence electrons. The smallest absolute Gasteiger partial charge is 0.167 e. The maximum Gasteiger partial charge on any atom is 0.167 e. The van der Waals surface area contributed by atoms with Crippen LogP contribution in [0.15, 0.2) is 44.9 Å². The highest BCUT2D eigenvalue weighted by molar-refractivity contribution is 9.10. The molecule has 0 radical (unpaired) electrons. The Morgan fingerprint density at radius 3 is 2.95 bits per heavy atom. The quantitative estimate of drug-likeness (QED) is 0.849. The predicted molar refractivity (Wildman–Crippen MR) is 78.0 cm³/mol. The fourth-order valence-corrected chi connectivity index (χ4v) is 2.78. The van der Waals surface area contributed by atoms with E-state index in [9.17, 15) is 4.39 Å². The lowest BCUT2D eigenvalue weighted by molar-refractivity contribution is 0.321. The highest BCUT2D eigenvalue weighted by Gasteiger charge is 2.12. The molecule has 0 atom stereocenters. The van der Waals surface area contributed by atoms with Crippen LogP contribution in [0.2, 0.25) is 0 Å². The van der Waals surface area contributed by atoms with E-state index in [1.807, 2.05) is 12.1 Å². The summed E-state index contributed by atoms with van der Waals surface area (Å²) in [7, 11) is 0. The van der Waals surface area contributed by atoms with E-state index < -0.39 is 5.82 Å². The van der Waals surface area contributed by atoms with Crippen LogP contribution in [0, 0.1) is 5.82 Å². The van der Waals surface area contributed by atoms with Crippen molar-refractivity contribution in [3.63, 3.8) is 0 Å². The first-order valence-corrected chi connectivity index (χ1v) is 7.23. The lowest BCUT2D eigenvalue weighted by atomic mass is 10.3. The van der Waals surface area contributed by atoms with Gasteiger partial charge in [0, 0.05) is 22.8 Å². The minimum Gasteiger partial charge on any atom is -0.491 e. The summed E-state index contributed by atoms with van der Waals surface area (Å²) in [6.07, 6.45) is 1.69. The summed E-state index contributed by atoms with van der Waals surface area (Å²) < 4.78 is 19.7. The molecule has 6 heteroatoms. The van der Waals surface area contributed by atoms with Gasteiger partial charge in [-0.15, -0.1) is 0 Å². The Labute approximate surface area is 123 Å². The number of aromatic nitrogens is 1. The normalized spacial score (nSPS) is 10.5. The number of hydrogen-bond acceptors (Lipinski definition) is 4. The number of nitrogen functional groups attached to an aromatic ring is 1. The summed E-state index contributed by atoms with van der Waals surface area (Å²) in [5.74, 6) is -0.255. The second-order valence-electron chi connectivity index (χ2n) is 3.65. The zero-order valence-corrected chi connectivity index (χ0v) is 12.6. The molecule has 0 unspecified atom stereocenters. The fourth-order valence-electron chi connectivity index (χ4n) is 1.46. The third kappa shape index (κ3) is 3.39. The van der Waals surface area contributed by atoms with Gasteiger partial charge < -0.3 is 10.5 Å². The number of pyridine rings is 1. The van der Waals surface area contributed by atoms with E-state index in [0.717, 1.165) is 9.50 Å². The molecule has 2 rings (SSSR count). The highest BCUT2D eigenvalue weighted by Crippen LogP contribution is 2.37. The van der Waals surface area contributed by atoms with Crippen LogP contribution in [0.3, 0.4) is 0 Å². The monoisotopic (exact) mass is 342 g/mol. The number of hydrogen-bond donors (Lipinski definition) is 1. The maximum absolute atomic E-state index is 13.6. The van der Waals surface area contributed by atoms with Gasteiger partial charge >= 0.3 is 0 Å². The van der Waals surface area contributed by atoms with Crippen LogP contribution in [0.1, 0.15) is 6.92 Å². The van der Waals surface area contributed by atoms with Gasteiger partial charge in [-0.3, -0.25) is 0 Å². The van der Waals surface area contributed by atoms with Crippen molar-refractivity contribution in [3.05, 3.63) is 40.8 Å². The standard InChI is InChI=1S/C13H12BrFN2OS/c1-2-18-11-7-12(10(16)6-9(11)15)19-13-8(14)4-3-5-17-13/h3-7H,2,16H2,1H3. The molecule has 19 heavy (non-hydrogen) atoms. The van der Waals surface area contributed by atoms with Gasteiger partial charge in [-0.05, 0) is 41.1 Å². The molecular weight excluding hydrogens is 331 g/mol. The van der Waals surface area contributed by atoms with Gasteiger partial charge in [-0.25, -0.2) is 9.37 Å². The third-order valence-corrected chi connectivity index (χ3v) is 4.29. The van der Waals surface area contributed by atoms with Gasteiger partial charge in [-0.2, -0.15) is 0 Å². The number of nitrogens with zero attached hydrogens (tertiary/aromatic N) is 1. The average Bonchev–Trinajstić information content (AvgIpc) is 2.38. The van der Waals surface area contributed by atoms with E-state index in [-0.39, 0.29) is 5.75 Å². The Morgan fingerprint density at radius 1 is 1.47 bits per heavy atom. The van der Waals surface area contributed by atoms with Crippen LogP contribution >= 0.6 is 27.7 Å². The first kappa shape index (κ1) is 14.1. The van der Waals surface area contributed by atoms with Crippen molar-refractivity contribution < 1.29 is 9.13 Å². The van der Waals surface area contributed by atoms with Crippen LogP contribution in [0.25, 0.3) is 0 Å². The molecule has 0 aliphatic carbocycles. The predicted octanol–water partition coefficient (Wildman–Crippen LogP) is 4.12. The molecule has 0 fully saturated rings. The largest absolute Gasteiger partial charge is 0.491 e. The molecule has 0 amide bonds. The summed E-state index contributed by atoms with van der Waals surface area (Å²) in [6.45, 7) is 2.20. The van der Waals surface area contributed by atoms with Gasteiger partial charge in [0.25, 0.3) is 0 Å². The number of benzene rings is 1. The molecule has 2 aromatic rings. The molecule has 3 nitrogen and oxygen atoms in total. The van der Waals surface area contributed by atoms with Crippen molar-refractivity contribution in [3.8, 4) is 5.75 Å². The number of anilines is 1. The Hall–Kier alpha value is -1.27. The minimum atomic E-state index is -0.455. The second kappa shape index (κ2) is 6.25. The van der Waals surface area contributed by atoms with E-state index in [1.54, 1.807) is 19.2 Å². The molecular formula is C13H12BrFN2OS. The van der Waals surface area contributed by atoms with Gasteiger partial charge in [-0.1, -0.05) is 11.8 Å². The summed E-state index contributed by atoms with van der Waals surface area (Å²) in [5, 5.41) is 0.767. The first-order chi connectivity index (χ1) is 9.11. The fraction of sp³-hybridized carbons (Fsp3) is 0.154. The lowest BCUT2D eigenvalue weighted by Gasteiger charge is -2.10. The molecule has 0 saturated carbocycles. The zero-order chi connectivity index (χ0) is 13.8. The van der Waals surface area contributed by atoms with Gasteiger partial charge in [0.2, 0.25) is 0 Å². The molecule has 0 saturated heterocycles. The highest BCUT2D eigenvalue weighted by atomic mass is 79.9. The molecule has 0 aliphatic heterocycles. The minimum absolute atomic E-state index is 0.200. The van der Waals surface area contributed by atoms with Crippen LogP contribution in [0.5, 0.6) is 5.75 Å². The second-order valence-corrected chi connectivity index (χ2v) is 5.53. The van der Waals surface area contributed by atoms with Crippen molar-refractivity contribution >= 4 is 33.4 Å². The van der Waals surface area contributed by atoms with E-state index in [0.29, 0.717) is 17.2 Å². The van der Waals surface area contributed by atoms with Crippen LogP contribution in [0.4, 0.5) is 10.1 Å². The molecule has 0 spiro atoms. The summed E-state index contributed by atoms with van der Waals surface area (Å²) in [5.41, 5.74) is 6.19. The lowest BCUT2D eigenvalue weighted by Crippen LogP contribution is -1.98. The van der Waals surface area contributed by atoms with Crippen molar-refractivity contribution in [1.82, 2.24) is 4.98 Å². The molecule has 1 aromatic heterocycles. The van der Waals surface area contributed by atoms with Gasteiger partial charge in [0.15, 0.2) is 11.6 Å². The van der Waals surface area contributed by atoms with Crippen molar-refractivity contribution in [2.75, 3.05) is 12.3 Å². The third-order valence-electron chi connectivity index (χ3n) is 2.30. The maximum atomic E-state index is 13.6. The molecule has 0 bridgehead atoms. The van der Waals surface area contributed by atoms with Gasteiger partial charge in [0.1, 0.15) is 5.03 Å². The Bertz CT molecular complexity index is 595. The summed E-state index contributed by atoms with van der Waals surface area (Å²) >= 11 is 4.77. The van der Waals surface area contributed by atoms with Crippen LogP contribution in [-0.4, -0.2) is 11.6 Å². The Balaban J connectivity index is 2.34. The van der Waals surface area contributed by atoms with Crippen LogP contribution < -0.4 is 10.5 Å². The molecule has 1 aromatic carbocycles.